The van der Waals surface area contributed by atoms with Gasteiger partial charge in [0.1, 0.15) is 5.82 Å². The van der Waals surface area contributed by atoms with E-state index in [1.165, 1.54) is 0 Å². The summed E-state index contributed by atoms with van der Waals surface area (Å²) in [6, 6.07) is 1.73. The summed E-state index contributed by atoms with van der Waals surface area (Å²) in [7, 11) is 1.99. The largest absolute Gasteiger partial charge is 0.397 e. The van der Waals surface area contributed by atoms with E-state index in [-0.39, 0.29) is 0 Å². The average molecular weight is 228 g/mol. The van der Waals surface area contributed by atoms with E-state index in [2.05, 4.69) is 23.7 Å². The number of nitrogens with zero attached hydrogens (tertiary/aromatic N) is 2. The topological polar surface area (TPSA) is 42.2 Å². The van der Waals surface area contributed by atoms with Gasteiger partial charge in [-0.15, -0.1) is 0 Å². The highest BCUT2D eigenvalue weighted by molar-refractivity contribution is 6.33. The van der Waals surface area contributed by atoms with Gasteiger partial charge in [-0.1, -0.05) is 25.4 Å². The van der Waals surface area contributed by atoms with Crippen LogP contribution in [0.1, 0.15) is 20.3 Å². The van der Waals surface area contributed by atoms with Gasteiger partial charge in [0.15, 0.2) is 0 Å². The Hall–Kier alpha value is -0.960. The lowest BCUT2D eigenvalue weighted by Gasteiger charge is -2.20. The second-order valence-corrected chi connectivity index (χ2v) is 4.59. The molecule has 1 aromatic rings. The van der Waals surface area contributed by atoms with E-state index in [9.17, 15) is 0 Å². The molecule has 0 atom stereocenters. The number of hydrogen-bond acceptors (Lipinski definition) is 3. The number of rotatable bonds is 4. The molecule has 84 valence electrons. The molecular formula is C11H18ClN3. The Bertz CT molecular complexity index is 326. The fourth-order valence-corrected chi connectivity index (χ4v) is 1.60. The van der Waals surface area contributed by atoms with Crippen LogP contribution in [-0.4, -0.2) is 18.6 Å². The molecule has 0 aromatic carbocycles. The van der Waals surface area contributed by atoms with Gasteiger partial charge in [0, 0.05) is 13.6 Å². The molecule has 1 aromatic heterocycles. The Kier molecular flexibility index (Phi) is 4.21. The van der Waals surface area contributed by atoms with Crippen LogP contribution in [0.15, 0.2) is 12.3 Å². The Morgan fingerprint density at radius 2 is 2.20 bits per heavy atom. The fourth-order valence-electron chi connectivity index (χ4n) is 1.28. The molecule has 0 bridgehead atoms. The van der Waals surface area contributed by atoms with Gasteiger partial charge in [-0.25, -0.2) is 4.98 Å². The Morgan fingerprint density at radius 1 is 1.53 bits per heavy atom. The first kappa shape index (κ1) is 12.1. The van der Waals surface area contributed by atoms with Crippen LogP contribution >= 0.6 is 11.6 Å². The Labute approximate surface area is 96.2 Å². The highest BCUT2D eigenvalue weighted by Crippen LogP contribution is 2.24. The summed E-state index contributed by atoms with van der Waals surface area (Å²) in [5.74, 6) is 1.48. The molecule has 1 rings (SSSR count). The zero-order chi connectivity index (χ0) is 11.4. The minimum absolute atomic E-state index is 0.598. The summed E-state index contributed by atoms with van der Waals surface area (Å²) < 4.78 is 0. The first-order chi connectivity index (χ1) is 7.00. The average Bonchev–Trinajstić information content (AvgIpc) is 2.14. The van der Waals surface area contributed by atoms with Crippen molar-refractivity contribution >= 4 is 23.1 Å². The maximum Gasteiger partial charge on any atom is 0.147 e. The molecule has 2 N–H and O–H groups in total. The summed E-state index contributed by atoms with van der Waals surface area (Å²) in [5, 5.41) is 0.612. The molecule has 0 aliphatic heterocycles. The van der Waals surface area contributed by atoms with E-state index in [0.29, 0.717) is 16.6 Å². The van der Waals surface area contributed by atoms with Gasteiger partial charge in [-0.2, -0.15) is 0 Å². The molecule has 4 heteroatoms. The molecule has 0 unspecified atom stereocenters. The van der Waals surface area contributed by atoms with Crippen molar-refractivity contribution < 1.29 is 0 Å². The number of aromatic nitrogens is 1. The number of nitrogens with two attached hydrogens (primary N) is 1. The van der Waals surface area contributed by atoms with Crippen LogP contribution in [0.3, 0.4) is 0 Å². The predicted molar refractivity (Wildman–Crippen MR) is 66.4 cm³/mol. The van der Waals surface area contributed by atoms with Gasteiger partial charge in [-0.05, 0) is 18.4 Å². The molecule has 0 aliphatic rings. The number of pyridine rings is 1. The predicted octanol–water partition coefficient (Wildman–Crippen LogP) is 2.80. The van der Waals surface area contributed by atoms with Crippen LogP contribution in [0, 0.1) is 5.92 Å². The molecule has 0 aliphatic carbocycles. The van der Waals surface area contributed by atoms with Crippen LogP contribution in [0.25, 0.3) is 0 Å². The number of anilines is 2. The van der Waals surface area contributed by atoms with Crippen molar-refractivity contribution in [2.45, 2.75) is 20.3 Å². The first-order valence-corrected chi connectivity index (χ1v) is 5.50. The lowest BCUT2D eigenvalue weighted by Crippen LogP contribution is -2.21. The molecule has 0 spiro atoms. The van der Waals surface area contributed by atoms with Gasteiger partial charge in [0.25, 0.3) is 0 Å². The molecule has 0 amide bonds. The molecule has 0 radical (unpaired) electrons. The van der Waals surface area contributed by atoms with Gasteiger partial charge < -0.3 is 10.6 Å². The van der Waals surface area contributed by atoms with E-state index >= 15 is 0 Å². The Morgan fingerprint density at radius 3 is 2.73 bits per heavy atom. The van der Waals surface area contributed by atoms with Gasteiger partial charge in [-0.3, -0.25) is 0 Å². The standard InChI is InChI=1S/C11H18ClN3/c1-8(2)4-5-15(3)11-10(12)6-9(13)7-14-11/h6-8H,4-5,13H2,1-3H3. The summed E-state index contributed by atoms with van der Waals surface area (Å²) >= 11 is 6.06. The number of nitrogen functional groups attached to an aromatic ring is 1. The quantitative estimate of drug-likeness (QED) is 0.860. The summed E-state index contributed by atoms with van der Waals surface area (Å²) in [4.78, 5) is 6.28. The first-order valence-electron chi connectivity index (χ1n) is 5.13. The van der Waals surface area contributed by atoms with E-state index in [1.54, 1.807) is 12.3 Å². The van der Waals surface area contributed by atoms with Crippen LogP contribution in [0.5, 0.6) is 0 Å². The van der Waals surface area contributed by atoms with Gasteiger partial charge >= 0.3 is 0 Å². The summed E-state index contributed by atoms with van der Waals surface area (Å²) in [6.07, 6.45) is 2.76. The van der Waals surface area contributed by atoms with Crippen molar-refractivity contribution in [2.75, 3.05) is 24.2 Å². The van der Waals surface area contributed by atoms with E-state index in [1.807, 2.05) is 7.05 Å². The minimum Gasteiger partial charge on any atom is -0.397 e. The second kappa shape index (κ2) is 5.21. The van der Waals surface area contributed by atoms with Crippen molar-refractivity contribution in [1.29, 1.82) is 0 Å². The minimum atomic E-state index is 0.598. The molecule has 0 saturated carbocycles. The lowest BCUT2D eigenvalue weighted by atomic mass is 10.1. The van der Waals surface area contributed by atoms with Crippen molar-refractivity contribution in [1.82, 2.24) is 4.98 Å². The Balaban J connectivity index is 2.69. The van der Waals surface area contributed by atoms with Crippen LogP contribution in [-0.2, 0) is 0 Å². The van der Waals surface area contributed by atoms with Gasteiger partial charge in [0.2, 0.25) is 0 Å². The lowest BCUT2D eigenvalue weighted by molar-refractivity contribution is 0.583. The normalized spacial score (nSPS) is 10.7. The van der Waals surface area contributed by atoms with E-state index in [4.69, 9.17) is 17.3 Å². The third kappa shape index (κ3) is 3.59. The van der Waals surface area contributed by atoms with Crippen molar-refractivity contribution in [3.8, 4) is 0 Å². The SMILES string of the molecule is CC(C)CCN(C)c1ncc(N)cc1Cl. The van der Waals surface area contributed by atoms with Gasteiger partial charge in [0.05, 0.1) is 16.9 Å². The molecule has 15 heavy (non-hydrogen) atoms. The zero-order valence-corrected chi connectivity index (χ0v) is 10.3. The number of hydrogen-bond donors (Lipinski definition) is 1. The summed E-state index contributed by atoms with van der Waals surface area (Å²) in [6.45, 7) is 5.35. The maximum atomic E-state index is 6.06. The second-order valence-electron chi connectivity index (χ2n) is 4.18. The highest BCUT2D eigenvalue weighted by Gasteiger charge is 2.08. The molecular weight excluding hydrogens is 210 g/mol. The smallest absolute Gasteiger partial charge is 0.147 e. The third-order valence-corrected chi connectivity index (χ3v) is 2.52. The molecule has 0 saturated heterocycles. The van der Waals surface area contributed by atoms with Crippen molar-refractivity contribution in [3.05, 3.63) is 17.3 Å². The maximum absolute atomic E-state index is 6.06. The summed E-state index contributed by atoms with van der Waals surface area (Å²) in [5.41, 5.74) is 6.18. The number of halogens is 1. The molecule has 1 heterocycles. The third-order valence-electron chi connectivity index (χ3n) is 2.25. The molecule has 3 nitrogen and oxygen atoms in total. The van der Waals surface area contributed by atoms with E-state index < -0.39 is 0 Å². The van der Waals surface area contributed by atoms with Crippen molar-refractivity contribution in [2.24, 2.45) is 5.92 Å². The van der Waals surface area contributed by atoms with Crippen molar-refractivity contribution in [3.63, 3.8) is 0 Å². The van der Waals surface area contributed by atoms with Crippen LogP contribution < -0.4 is 10.6 Å². The highest BCUT2D eigenvalue weighted by atomic mass is 35.5. The van der Waals surface area contributed by atoms with Crippen LogP contribution in [0.4, 0.5) is 11.5 Å². The van der Waals surface area contributed by atoms with Crippen LogP contribution in [0.2, 0.25) is 5.02 Å². The zero-order valence-electron chi connectivity index (χ0n) is 9.50. The van der Waals surface area contributed by atoms with E-state index in [0.717, 1.165) is 18.8 Å². The fraction of sp³-hybridized carbons (Fsp3) is 0.545. The monoisotopic (exact) mass is 227 g/mol. The molecule has 0 fully saturated rings.